The van der Waals surface area contributed by atoms with Crippen molar-refractivity contribution < 1.29 is 27.8 Å². The van der Waals surface area contributed by atoms with Crippen LogP contribution in [0, 0.1) is 11.8 Å². The molecule has 2 aliphatic rings. The van der Waals surface area contributed by atoms with E-state index in [1.165, 1.54) is 32.1 Å². The van der Waals surface area contributed by atoms with Crippen LogP contribution in [-0.2, 0) is 19.1 Å². The normalized spacial score (nSPS) is 24.8. The molecule has 24 heavy (non-hydrogen) atoms. The summed E-state index contributed by atoms with van der Waals surface area (Å²) in [5.74, 6) is -2.49. The molecule has 2 rings (SSSR count). The summed E-state index contributed by atoms with van der Waals surface area (Å²) in [6, 6.07) is 0. The van der Waals surface area contributed by atoms with E-state index in [1.807, 2.05) is 0 Å². The summed E-state index contributed by atoms with van der Waals surface area (Å²) < 4.78 is 36.7. The van der Waals surface area contributed by atoms with Crippen LogP contribution in [0.2, 0.25) is 0 Å². The number of rotatable bonds is 5. The van der Waals surface area contributed by atoms with Crippen molar-refractivity contribution >= 4 is 11.9 Å². The van der Waals surface area contributed by atoms with E-state index >= 15 is 0 Å². The molecule has 0 unspecified atom stereocenters. The lowest BCUT2D eigenvalue weighted by molar-refractivity contribution is -0.247. The molecule has 0 bridgehead atoms. The number of carbonyl (C=O) groups is 2. The van der Waals surface area contributed by atoms with Crippen LogP contribution in [0.25, 0.3) is 0 Å². The van der Waals surface area contributed by atoms with Gasteiger partial charge in [-0.1, -0.05) is 32.1 Å². The Morgan fingerprint density at radius 3 is 1.67 bits per heavy atom. The average molecular weight is 346 g/mol. The zero-order valence-corrected chi connectivity index (χ0v) is 14.6. The number of hydrogen-bond acceptors (Lipinski definition) is 4. The number of carbonyl (C=O) groups excluding carboxylic acids is 2. The molecule has 6 heteroatoms. The maximum Gasteiger partial charge on any atom is 0.343 e. The highest BCUT2D eigenvalue weighted by molar-refractivity contribution is 5.76. The first-order valence-corrected chi connectivity index (χ1v) is 9.07. The van der Waals surface area contributed by atoms with E-state index in [2.05, 4.69) is 0 Å². The van der Waals surface area contributed by atoms with Crippen LogP contribution in [0.1, 0.15) is 71.6 Å². The highest BCUT2D eigenvalue weighted by Crippen LogP contribution is 2.43. The van der Waals surface area contributed by atoms with Crippen LogP contribution in [0.5, 0.6) is 0 Å². The SMILES string of the molecule is C[C@H](F)C(=O)OC1(OC(=O)[C@H](C)F)CCC(C2CCCCC2)CC1. The van der Waals surface area contributed by atoms with E-state index in [-0.39, 0.29) is 0 Å². The molecule has 2 aliphatic carbocycles. The van der Waals surface area contributed by atoms with Gasteiger partial charge >= 0.3 is 11.9 Å². The molecule has 0 radical (unpaired) electrons. The van der Waals surface area contributed by atoms with Crippen molar-refractivity contribution in [2.24, 2.45) is 11.8 Å². The zero-order valence-electron chi connectivity index (χ0n) is 14.6. The molecule has 138 valence electrons. The van der Waals surface area contributed by atoms with Crippen molar-refractivity contribution in [1.29, 1.82) is 0 Å². The van der Waals surface area contributed by atoms with Gasteiger partial charge in [0.25, 0.3) is 5.79 Å². The van der Waals surface area contributed by atoms with Gasteiger partial charge in [-0.3, -0.25) is 0 Å². The lowest BCUT2D eigenvalue weighted by Gasteiger charge is -2.41. The minimum Gasteiger partial charge on any atom is -0.420 e. The molecule has 0 aromatic heterocycles. The van der Waals surface area contributed by atoms with Crippen molar-refractivity contribution in [2.45, 2.75) is 89.8 Å². The largest absolute Gasteiger partial charge is 0.420 e. The van der Waals surface area contributed by atoms with E-state index in [9.17, 15) is 18.4 Å². The molecule has 0 aliphatic heterocycles. The van der Waals surface area contributed by atoms with Crippen molar-refractivity contribution in [1.82, 2.24) is 0 Å². The fourth-order valence-electron chi connectivity index (χ4n) is 3.91. The lowest BCUT2D eigenvalue weighted by Crippen LogP contribution is -2.46. The number of alkyl halides is 2. The Labute approximate surface area is 142 Å². The third-order valence-corrected chi connectivity index (χ3v) is 5.33. The summed E-state index contributed by atoms with van der Waals surface area (Å²) in [4.78, 5) is 23.3. The van der Waals surface area contributed by atoms with Gasteiger partial charge in [-0.05, 0) is 38.5 Å². The van der Waals surface area contributed by atoms with Crippen LogP contribution in [-0.4, -0.2) is 30.1 Å². The van der Waals surface area contributed by atoms with E-state index in [4.69, 9.17) is 9.47 Å². The van der Waals surface area contributed by atoms with Gasteiger partial charge in [0.1, 0.15) is 0 Å². The van der Waals surface area contributed by atoms with Gasteiger partial charge in [-0.15, -0.1) is 0 Å². The predicted molar refractivity (Wildman–Crippen MR) is 84.6 cm³/mol. The minimum atomic E-state index is -1.81. The predicted octanol–water partition coefficient (Wildman–Crippen LogP) is 4.26. The second-order valence-electron chi connectivity index (χ2n) is 7.22. The molecule has 2 fully saturated rings. The minimum absolute atomic E-state index is 0.311. The van der Waals surface area contributed by atoms with Crippen LogP contribution < -0.4 is 0 Å². The number of hydrogen-bond donors (Lipinski definition) is 0. The standard InChI is InChI=1S/C18H28F2O4/c1-12(19)16(21)23-18(24-17(22)13(2)20)10-8-15(9-11-18)14-6-4-3-5-7-14/h12-15H,3-11H2,1-2H3/t12-,13-/m0/s1. The van der Waals surface area contributed by atoms with Crippen LogP contribution in [0.3, 0.4) is 0 Å². The summed E-state index contributed by atoms with van der Waals surface area (Å²) in [5.41, 5.74) is 0. The van der Waals surface area contributed by atoms with E-state index in [0.717, 1.165) is 26.7 Å². The van der Waals surface area contributed by atoms with Crippen molar-refractivity contribution in [3.8, 4) is 0 Å². The van der Waals surface area contributed by atoms with Crippen molar-refractivity contribution in [2.75, 3.05) is 0 Å². The lowest BCUT2D eigenvalue weighted by atomic mass is 9.72. The molecular formula is C18H28F2O4. The van der Waals surface area contributed by atoms with Crippen molar-refractivity contribution in [3.05, 3.63) is 0 Å². The van der Waals surface area contributed by atoms with Gasteiger partial charge in [0.15, 0.2) is 12.3 Å². The van der Waals surface area contributed by atoms with Gasteiger partial charge in [0.05, 0.1) is 0 Å². The Morgan fingerprint density at radius 1 is 0.833 bits per heavy atom. The average Bonchev–Trinajstić information content (AvgIpc) is 2.56. The second kappa shape index (κ2) is 8.26. The smallest absolute Gasteiger partial charge is 0.343 e. The third-order valence-electron chi connectivity index (χ3n) is 5.33. The molecule has 0 spiro atoms. The first-order valence-electron chi connectivity index (χ1n) is 9.07. The summed E-state index contributed by atoms with van der Waals surface area (Å²) >= 11 is 0. The van der Waals surface area contributed by atoms with Crippen LogP contribution >= 0.6 is 0 Å². The number of esters is 2. The van der Waals surface area contributed by atoms with E-state index < -0.39 is 30.1 Å². The summed E-state index contributed by atoms with van der Waals surface area (Å²) in [5, 5.41) is 0. The van der Waals surface area contributed by atoms with Gasteiger partial charge in [-0.2, -0.15) is 0 Å². The topological polar surface area (TPSA) is 52.6 Å². The Morgan fingerprint density at radius 2 is 1.25 bits per heavy atom. The van der Waals surface area contributed by atoms with Gasteiger partial charge in [-0.25, -0.2) is 18.4 Å². The fourth-order valence-corrected chi connectivity index (χ4v) is 3.91. The Hall–Kier alpha value is -1.20. The second-order valence-corrected chi connectivity index (χ2v) is 7.22. The molecule has 0 N–H and O–H groups in total. The fraction of sp³-hybridized carbons (Fsp3) is 0.889. The molecule has 0 aromatic rings. The molecule has 2 atom stereocenters. The summed E-state index contributed by atoms with van der Waals surface area (Å²) in [6.45, 7) is 2.15. The van der Waals surface area contributed by atoms with Gasteiger partial charge < -0.3 is 9.47 Å². The Bertz CT molecular complexity index is 412. The maximum atomic E-state index is 13.2. The van der Waals surface area contributed by atoms with Gasteiger partial charge in [0.2, 0.25) is 0 Å². The summed E-state index contributed by atoms with van der Waals surface area (Å²) in [6.07, 6.45) is 4.68. The maximum absolute atomic E-state index is 13.2. The van der Waals surface area contributed by atoms with Crippen molar-refractivity contribution in [3.63, 3.8) is 0 Å². The van der Waals surface area contributed by atoms with E-state index in [0.29, 0.717) is 24.7 Å². The number of ether oxygens (including phenoxy) is 2. The molecule has 0 saturated heterocycles. The monoisotopic (exact) mass is 346 g/mol. The van der Waals surface area contributed by atoms with Gasteiger partial charge in [0, 0.05) is 12.8 Å². The third kappa shape index (κ3) is 4.90. The highest BCUT2D eigenvalue weighted by atomic mass is 19.1. The highest BCUT2D eigenvalue weighted by Gasteiger charge is 2.45. The molecule has 4 nitrogen and oxygen atoms in total. The summed E-state index contributed by atoms with van der Waals surface area (Å²) in [7, 11) is 0. The van der Waals surface area contributed by atoms with Crippen LogP contribution in [0.15, 0.2) is 0 Å². The zero-order chi connectivity index (χ0) is 17.7. The van der Waals surface area contributed by atoms with Crippen LogP contribution in [0.4, 0.5) is 8.78 Å². The molecule has 0 aromatic carbocycles. The first kappa shape index (κ1) is 19.1. The molecule has 0 heterocycles. The Kier molecular flexibility index (Phi) is 6.58. The first-order chi connectivity index (χ1) is 11.3. The quantitative estimate of drug-likeness (QED) is 0.551. The molecule has 2 saturated carbocycles. The molecular weight excluding hydrogens is 318 g/mol. The Balaban J connectivity index is 2.02. The molecule has 0 amide bonds. The number of halogens is 2. The van der Waals surface area contributed by atoms with E-state index in [1.54, 1.807) is 0 Å².